The smallest absolute Gasteiger partial charge is 0.338 e. The highest BCUT2D eigenvalue weighted by atomic mass is 16.7. The quantitative estimate of drug-likeness (QED) is 0.0446. The first-order valence-electron chi connectivity index (χ1n) is 14.5. The van der Waals surface area contributed by atoms with Crippen LogP contribution in [0.1, 0.15) is 50.5 Å². The van der Waals surface area contributed by atoms with Crippen LogP contribution in [0, 0.1) is 0 Å². The fraction of sp³-hybridized carbons (Fsp3) is 0.132. The van der Waals surface area contributed by atoms with E-state index in [1.807, 2.05) is 0 Å². The van der Waals surface area contributed by atoms with E-state index in [-0.39, 0.29) is 50.8 Å². The van der Waals surface area contributed by atoms with E-state index in [9.17, 15) is 34.2 Å². The van der Waals surface area contributed by atoms with E-state index >= 15 is 0 Å². The highest BCUT2D eigenvalue weighted by molar-refractivity contribution is 6.49. The molecule has 0 spiro atoms. The van der Waals surface area contributed by atoms with Gasteiger partial charge in [-0.2, -0.15) is 0 Å². The van der Waals surface area contributed by atoms with Crippen molar-refractivity contribution in [2.45, 2.75) is 19.6 Å². The third-order valence-corrected chi connectivity index (χ3v) is 6.73. The molecule has 0 aliphatic heterocycles. The summed E-state index contributed by atoms with van der Waals surface area (Å²) in [4.78, 5) is 60.8. The number of carbonyl (C=O) groups is 5. The van der Waals surface area contributed by atoms with Gasteiger partial charge in [0.1, 0.15) is 23.0 Å². The number of Topliss-reactive ketones (excluding diaryl/α,β-unsaturated/α-hetero) is 3. The third kappa shape index (κ3) is 9.44. The number of rotatable bonds is 12. The van der Waals surface area contributed by atoms with Gasteiger partial charge in [-0.05, 0) is 62.4 Å². The summed E-state index contributed by atoms with van der Waals surface area (Å²) in [5.74, 6) is -4.83. The number of phenolic OH excluding ortho intramolecular Hbond substituents is 2. The summed E-state index contributed by atoms with van der Waals surface area (Å²) in [6.07, 6.45) is 0. The van der Waals surface area contributed by atoms with Crippen LogP contribution in [-0.2, 0) is 24.8 Å². The van der Waals surface area contributed by atoms with Crippen LogP contribution in [0.4, 0.5) is 0 Å². The number of hydrogen-bond acceptors (Lipinski definition) is 11. The third-order valence-electron chi connectivity index (χ3n) is 6.73. The van der Waals surface area contributed by atoms with Gasteiger partial charge in [-0.25, -0.2) is 9.59 Å². The van der Waals surface area contributed by atoms with E-state index in [1.165, 1.54) is 101 Å². The minimum atomic E-state index is -1.83. The van der Waals surface area contributed by atoms with Crippen LogP contribution >= 0.6 is 0 Å². The highest BCUT2D eigenvalue weighted by Crippen LogP contribution is 2.33. The number of ether oxygens (including phenoxy) is 4. The van der Waals surface area contributed by atoms with Crippen LogP contribution in [0.2, 0.25) is 0 Å². The van der Waals surface area contributed by atoms with Crippen molar-refractivity contribution in [3.8, 4) is 23.0 Å². The van der Waals surface area contributed by atoms with E-state index in [2.05, 4.69) is 13.2 Å². The first kappa shape index (κ1) is 37.3. The topological polar surface area (TPSA) is 163 Å². The van der Waals surface area contributed by atoms with Crippen molar-refractivity contribution in [1.82, 2.24) is 0 Å². The Hall–Kier alpha value is -6.17. The van der Waals surface area contributed by atoms with Crippen molar-refractivity contribution in [3.63, 3.8) is 0 Å². The second-order valence-electron chi connectivity index (χ2n) is 10.5. The lowest BCUT2D eigenvalue weighted by Crippen LogP contribution is -2.40. The molecule has 0 heterocycles. The van der Waals surface area contributed by atoms with Crippen LogP contribution in [0.5, 0.6) is 23.0 Å². The van der Waals surface area contributed by atoms with Crippen LogP contribution in [-0.4, -0.2) is 53.7 Å². The Bertz CT molecular complexity index is 1860. The average Bonchev–Trinajstić information content (AvgIpc) is 3.09. The van der Waals surface area contributed by atoms with Gasteiger partial charge in [-0.15, -0.1) is 0 Å². The number of ketones is 3. The molecule has 0 bridgehead atoms. The predicted octanol–water partition coefficient (Wildman–Crippen LogP) is 6.14. The van der Waals surface area contributed by atoms with Crippen molar-refractivity contribution in [2.75, 3.05) is 14.2 Å². The first-order chi connectivity index (χ1) is 23.2. The maximum atomic E-state index is 13.4. The summed E-state index contributed by atoms with van der Waals surface area (Å²) < 4.78 is 21.5. The SMILES string of the molecule is C=C(C)C(=O)Oc1cccc(C(=O)C(OC)(OC)c2cccc(OC(=O)C(=C)C)c2)c1.O=C(C(=O)c1cccc(O)c1)c1cccc(O)c1. The van der Waals surface area contributed by atoms with E-state index in [0.29, 0.717) is 5.56 Å². The highest BCUT2D eigenvalue weighted by Gasteiger charge is 2.42. The summed E-state index contributed by atoms with van der Waals surface area (Å²) in [5, 5.41) is 18.5. The van der Waals surface area contributed by atoms with E-state index in [0.717, 1.165) is 0 Å². The molecule has 49 heavy (non-hydrogen) atoms. The molecule has 0 aromatic heterocycles. The molecule has 0 saturated carbocycles. The monoisotopic (exact) mass is 666 g/mol. The Kier molecular flexibility index (Phi) is 12.6. The maximum absolute atomic E-state index is 13.4. The van der Waals surface area contributed by atoms with Gasteiger partial charge in [0.05, 0.1) is 0 Å². The van der Waals surface area contributed by atoms with Crippen molar-refractivity contribution < 1.29 is 53.1 Å². The molecule has 0 aliphatic rings. The molecule has 0 radical (unpaired) electrons. The molecular formula is C38H34O11. The molecule has 0 fully saturated rings. The maximum Gasteiger partial charge on any atom is 0.338 e. The molecule has 4 rings (SSSR count). The Morgan fingerprint density at radius 2 is 0.980 bits per heavy atom. The average molecular weight is 667 g/mol. The number of carbonyl (C=O) groups excluding carboxylic acids is 5. The number of methoxy groups -OCH3 is 2. The molecule has 0 atom stereocenters. The lowest BCUT2D eigenvalue weighted by atomic mass is 9.95. The van der Waals surface area contributed by atoms with E-state index in [1.54, 1.807) is 24.3 Å². The van der Waals surface area contributed by atoms with Gasteiger partial charge < -0.3 is 29.2 Å². The zero-order valence-electron chi connectivity index (χ0n) is 27.2. The summed E-state index contributed by atoms with van der Waals surface area (Å²) >= 11 is 0. The first-order valence-corrected chi connectivity index (χ1v) is 14.5. The van der Waals surface area contributed by atoms with Crippen molar-refractivity contribution in [2.24, 2.45) is 0 Å². The van der Waals surface area contributed by atoms with E-state index < -0.39 is 35.1 Å². The van der Waals surface area contributed by atoms with E-state index in [4.69, 9.17) is 18.9 Å². The minimum Gasteiger partial charge on any atom is -0.508 e. The number of hydrogen-bond donors (Lipinski definition) is 2. The zero-order chi connectivity index (χ0) is 36.3. The second kappa shape index (κ2) is 16.6. The molecular weight excluding hydrogens is 632 g/mol. The van der Waals surface area contributed by atoms with Crippen molar-refractivity contribution in [3.05, 3.63) is 144 Å². The molecule has 4 aromatic rings. The molecule has 4 aromatic carbocycles. The number of esters is 2. The lowest BCUT2D eigenvalue weighted by Gasteiger charge is -2.30. The second-order valence-corrected chi connectivity index (χ2v) is 10.5. The Morgan fingerprint density at radius 3 is 1.41 bits per heavy atom. The standard InChI is InChI=1S/C24H24O7.C14H10O4/c1-15(2)22(26)30-19-11-7-9-17(13-19)21(25)24(28-5,29-6)18-10-8-12-20(14-18)31-23(27)16(3)4;15-11-5-1-3-9(7-11)13(17)14(18)10-4-2-6-12(16)8-10/h7-14H,1,3H2,2,4-6H3;1-8,15-16H. The number of aromatic hydroxyl groups is 2. The molecule has 0 unspecified atom stereocenters. The Balaban J connectivity index is 0.000000305. The van der Waals surface area contributed by atoms with Gasteiger partial charge in [-0.1, -0.05) is 61.7 Å². The molecule has 252 valence electrons. The van der Waals surface area contributed by atoms with Gasteiger partial charge in [-0.3, -0.25) is 14.4 Å². The number of phenols is 2. The van der Waals surface area contributed by atoms with Crippen LogP contribution in [0.25, 0.3) is 0 Å². The number of benzene rings is 4. The van der Waals surface area contributed by atoms with Crippen molar-refractivity contribution >= 4 is 29.3 Å². The van der Waals surface area contributed by atoms with Crippen LogP contribution in [0.15, 0.2) is 121 Å². The van der Waals surface area contributed by atoms with Gasteiger partial charge in [0.2, 0.25) is 17.3 Å². The summed E-state index contributed by atoms with van der Waals surface area (Å²) in [6, 6.07) is 23.4. The Morgan fingerprint density at radius 1 is 0.571 bits per heavy atom. The lowest BCUT2D eigenvalue weighted by molar-refractivity contribution is -0.176. The van der Waals surface area contributed by atoms with Gasteiger partial charge in [0.25, 0.3) is 5.79 Å². The normalized spacial score (nSPS) is 10.5. The summed E-state index contributed by atoms with van der Waals surface area (Å²) in [7, 11) is 2.64. The Labute approximate surface area is 282 Å². The molecule has 0 saturated heterocycles. The minimum absolute atomic E-state index is 0.0791. The van der Waals surface area contributed by atoms with Gasteiger partial charge in [0, 0.05) is 47.6 Å². The fourth-order valence-electron chi connectivity index (χ4n) is 4.24. The molecule has 11 nitrogen and oxygen atoms in total. The molecule has 0 amide bonds. The summed E-state index contributed by atoms with van der Waals surface area (Å²) in [6.45, 7) is 10.1. The van der Waals surface area contributed by atoms with Gasteiger partial charge >= 0.3 is 11.9 Å². The largest absolute Gasteiger partial charge is 0.508 e. The fourth-order valence-corrected chi connectivity index (χ4v) is 4.24. The van der Waals surface area contributed by atoms with Crippen molar-refractivity contribution in [1.29, 1.82) is 0 Å². The van der Waals surface area contributed by atoms with Crippen LogP contribution in [0.3, 0.4) is 0 Å². The zero-order valence-corrected chi connectivity index (χ0v) is 27.2. The van der Waals surface area contributed by atoms with Gasteiger partial charge in [0.15, 0.2) is 0 Å². The summed E-state index contributed by atoms with van der Waals surface area (Å²) in [5.41, 5.74) is 1.17. The molecule has 2 N–H and O–H groups in total. The molecule has 11 heteroatoms. The molecule has 0 aliphatic carbocycles. The van der Waals surface area contributed by atoms with Crippen LogP contribution < -0.4 is 9.47 Å². The predicted molar refractivity (Wildman–Crippen MR) is 179 cm³/mol.